The molecule has 138 valence electrons. The quantitative estimate of drug-likeness (QED) is 0.770. The molecule has 3 nitrogen and oxygen atoms in total. The van der Waals surface area contributed by atoms with Crippen molar-refractivity contribution in [3.05, 3.63) is 18.2 Å². The van der Waals surface area contributed by atoms with Gasteiger partial charge in [-0.15, -0.1) is 0 Å². The molecule has 0 aromatic carbocycles. The number of piperidine rings is 1. The lowest BCUT2D eigenvalue weighted by Crippen LogP contribution is -2.37. The van der Waals surface area contributed by atoms with Crippen LogP contribution in [0.1, 0.15) is 66.6 Å². The van der Waals surface area contributed by atoms with Gasteiger partial charge in [-0.1, -0.05) is 41.5 Å². The van der Waals surface area contributed by atoms with Gasteiger partial charge in [0.1, 0.15) is 5.82 Å². The van der Waals surface area contributed by atoms with E-state index in [1.54, 1.807) is 0 Å². The second-order valence-electron chi connectivity index (χ2n) is 9.11. The number of rotatable bonds is 2. The molecule has 1 unspecified atom stereocenters. The number of imidazole rings is 1. The number of aromatic nitrogens is 2. The van der Waals surface area contributed by atoms with Crippen LogP contribution in [-0.2, 0) is 13.0 Å². The molecule has 1 aromatic heterocycles. The van der Waals surface area contributed by atoms with E-state index >= 15 is 0 Å². The molecule has 0 aliphatic carbocycles. The molecule has 0 N–H and O–H groups in total. The Balaban J connectivity index is 0.000000174. The normalized spacial score (nSPS) is 22.9. The molecule has 1 atom stereocenters. The molecule has 2 aliphatic heterocycles. The molecule has 0 bridgehead atoms. The average Bonchev–Trinajstić information content (AvgIpc) is 3.02. The fourth-order valence-electron chi connectivity index (χ4n) is 4.06. The number of nitrogens with zero attached hydrogens (tertiary/aromatic N) is 3. The van der Waals surface area contributed by atoms with E-state index in [2.05, 4.69) is 62.2 Å². The number of likely N-dealkylation sites (tertiary alicyclic amines) is 1. The minimum Gasteiger partial charge on any atom is -0.335 e. The molecule has 2 aliphatic rings. The summed E-state index contributed by atoms with van der Waals surface area (Å²) in [5, 5.41) is 0. The van der Waals surface area contributed by atoms with Gasteiger partial charge in [-0.3, -0.25) is 0 Å². The molecule has 3 heteroatoms. The monoisotopic (exact) mass is 333 g/mol. The van der Waals surface area contributed by atoms with E-state index < -0.39 is 0 Å². The highest BCUT2D eigenvalue weighted by Crippen LogP contribution is 2.34. The zero-order chi connectivity index (χ0) is 17.7. The maximum Gasteiger partial charge on any atom is 0.108 e. The third kappa shape index (κ3) is 5.34. The van der Waals surface area contributed by atoms with Crippen LogP contribution in [0.15, 0.2) is 12.4 Å². The summed E-state index contributed by atoms with van der Waals surface area (Å²) < 4.78 is 2.28. The van der Waals surface area contributed by atoms with E-state index in [4.69, 9.17) is 0 Å². The largest absolute Gasteiger partial charge is 0.335 e. The zero-order valence-electron chi connectivity index (χ0n) is 16.9. The molecule has 0 radical (unpaired) electrons. The number of aryl methyl sites for hydroxylation is 1. The van der Waals surface area contributed by atoms with Crippen LogP contribution < -0.4 is 0 Å². The predicted molar refractivity (Wildman–Crippen MR) is 103 cm³/mol. The van der Waals surface area contributed by atoms with E-state index in [0.29, 0.717) is 5.41 Å². The van der Waals surface area contributed by atoms with Crippen molar-refractivity contribution >= 4 is 0 Å². The Kier molecular flexibility index (Phi) is 6.91. The van der Waals surface area contributed by atoms with Crippen molar-refractivity contribution in [1.82, 2.24) is 14.5 Å². The van der Waals surface area contributed by atoms with Gasteiger partial charge in [0, 0.05) is 25.4 Å². The van der Waals surface area contributed by atoms with Gasteiger partial charge < -0.3 is 9.47 Å². The minimum atomic E-state index is 0.528. The molecule has 1 saturated heterocycles. The topological polar surface area (TPSA) is 21.1 Å². The lowest BCUT2D eigenvalue weighted by atomic mass is 9.75. The van der Waals surface area contributed by atoms with Crippen LogP contribution in [0.5, 0.6) is 0 Å². The Morgan fingerprint density at radius 2 is 1.79 bits per heavy atom. The van der Waals surface area contributed by atoms with Gasteiger partial charge in [0.15, 0.2) is 0 Å². The lowest BCUT2D eigenvalue weighted by Gasteiger charge is -2.38. The van der Waals surface area contributed by atoms with Gasteiger partial charge >= 0.3 is 0 Å². The number of hydrogen-bond acceptors (Lipinski definition) is 2. The van der Waals surface area contributed by atoms with Crippen molar-refractivity contribution < 1.29 is 0 Å². The molecule has 1 aromatic rings. The number of fused-ring (bicyclic) bond motifs is 1. The first-order valence-electron chi connectivity index (χ1n) is 10.0. The van der Waals surface area contributed by atoms with Gasteiger partial charge in [-0.05, 0) is 62.1 Å². The fourth-order valence-corrected chi connectivity index (χ4v) is 4.06. The summed E-state index contributed by atoms with van der Waals surface area (Å²) in [6, 6.07) is 0. The van der Waals surface area contributed by atoms with Gasteiger partial charge in [0.2, 0.25) is 0 Å². The van der Waals surface area contributed by atoms with Gasteiger partial charge in [0.25, 0.3) is 0 Å². The summed E-state index contributed by atoms with van der Waals surface area (Å²) in [5.74, 6) is 3.87. The van der Waals surface area contributed by atoms with E-state index in [1.165, 1.54) is 51.1 Å². The molecule has 24 heavy (non-hydrogen) atoms. The van der Waals surface area contributed by atoms with Crippen LogP contribution in [0.2, 0.25) is 0 Å². The van der Waals surface area contributed by atoms with Crippen LogP contribution in [0.25, 0.3) is 0 Å². The fraction of sp³-hybridized carbons (Fsp3) is 0.857. The van der Waals surface area contributed by atoms with Crippen LogP contribution in [0.3, 0.4) is 0 Å². The minimum absolute atomic E-state index is 0.528. The summed E-state index contributed by atoms with van der Waals surface area (Å²) in [6.07, 6.45) is 9.30. The standard InChI is InChI=1S/C11H23N.C10H16N2/c1-5-12-8-6-10(7-9-12)11(2,3)4;1-8(2)9-3-5-12-6-4-11-10(12)7-9/h10H,5-9H2,1-4H3;4,6,8-9H,3,5,7H2,1-2H3. The Hall–Kier alpha value is -0.830. The zero-order valence-corrected chi connectivity index (χ0v) is 16.9. The van der Waals surface area contributed by atoms with Crippen molar-refractivity contribution in [3.63, 3.8) is 0 Å². The van der Waals surface area contributed by atoms with E-state index in [9.17, 15) is 0 Å². The molecule has 3 heterocycles. The van der Waals surface area contributed by atoms with Crippen LogP contribution in [-0.4, -0.2) is 34.1 Å². The van der Waals surface area contributed by atoms with E-state index in [0.717, 1.165) is 24.3 Å². The summed E-state index contributed by atoms with van der Waals surface area (Å²) in [6.45, 7) is 19.0. The second-order valence-corrected chi connectivity index (χ2v) is 9.11. The van der Waals surface area contributed by atoms with Crippen LogP contribution >= 0.6 is 0 Å². The third-order valence-electron chi connectivity index (χ3n) is 6.19. The predicted octanol–water partition coefficient (Wildman–Crippen LogP) is 4.87. The first kappa shape index (κ1) is 19.5. The van der Waals surface area contributed by atoms with Crippen molar-refractivity contribution in [3.8, 4) is 0 Å². The molecule has 0 saturated carbocycles. The van der Waals surface area contributed by atoms with Crippen molar-refractivity contribution in [2.24, 2.45) is 23.2 Å². The van der Waals surface area contributed by atoms with Gasteiger partial charge in [-0.2, -0.15) is 0 Å². The average molecular weight is 334 g/mol. The lowest BCUT2D eigenvalue weighted by molar-refractivity contribution is 0.116. The summed E-state index contributed by atoms with van der Waals surface area (Å²) in [4.78, 5) is 6.91. The van der Waals surface area contributed by atoms with Crippen LogP contribution in [0, 0.1) is 23.2 Å². The second kappa shape index (κ2) is 8.51. The first-order chi connectivity index (χ1) is 11.3. The summed E-state index contributed by atoms with van der Waals surface area (Å²) in [7, 11) is 0. The van der Waals surface area contributed by atoms with Crippen LogP contribution in [0.4, 0.5) is 0 Å². The van der Waals surface area contributed by atoms with Crippen molar-refractivity contribution in [2.45, 2.75) is 73.8 Å². The van der Waals surface area contributed by atoms with E-state index in [1.807, 2.05) is 6.20 Å². The Morgan fingerprint density at radius 3 is 2.33 bits per heavy atom. The highest BCUT2D eigenvalue weighted by molar-refractivity contribution is 4.97. The Bertz CT molecular complexity index is 476. The smallest absolute Gasteiger partial charge is 0.108 e. The highest BCUT2D eigenvalue weighted by Gasteiger charge is 2.27. The molecule has 0 spiro atoms. The Morgan fingerprint density at radius 1 is 1.12 bits per heavy atom. The summed E-state index contributed by atoms with van der Waals surface area (Å²) in [5.41, 5.74) is 0.528. The SMILES string of the molecule is CC(C)C1CCn2ccnc2C1.CCN1CCC(C(C)(C)C)CC1. The highest BCUT2D eigenvalue weighted by atomic mass is 15.1. The number of hydrogen-bond donors (Lipinski definition) is 0. The third-order valence-corrected chi connectivity index (χ3v) is 6.19. The first-order valence-corrected chi connectivity index (χ1v) is 10.0. The van der Waals surface area contributed by atoms with Crippen molar-refractivity contribution in [2.75, 3.05) is 19.6 Å². The van der Waals surface area contributed by atoms with Gasteiger partial charge in [0.05, 0.1) is 0 Å². The maximum atomic E-state index is 4.35. The van der Waals surface area contributed by atoms with E-state index in [-0.39, 0.29) is 0 Å². The molecule has 0 amide bonds. The molecule has 3 rings (SSSR count). The molecule has 1 fully saturated rings. The molecular weight excluding hydrogens is 294 g/mol. The maximum absolute atomic E-state index is 4.35. The summed E-state index contributed by atoms with van der Waals surface area (Å²) >= 11 is 0. The van der Waals surface area contributed by atoms with Gasteiger partial charge in [-0.25, -0.2) is 4.98 Å². The van der Waals surface area contributed by atoms with Crippen molar-refractivity contribution in [1.29, 1.82) is 0 Å². The molecular formula is C21H39N3. The Labute approximate surface area is 149 Å².